The summed E-state index contributed by atoms with van der Waals surface area (Å²) in [4.78, 5) is 0. The van der Waals surface area contributed by atoms with Crippen LogP contribution in [0.3, 0.4) is 0 Å². The van der Waals surface area contributed by atoms with Gasteiger partial charge in [-0.2, -0.15) is 0 Å². The van der Waals surface area contributed by atoms with E-state index in [-0.39, 0.29) is 12.2 Å². The van der Waals surface area contributed by atoms with Crippen molar-refractivity contribution in [3.63, 3.8) is 0 Å². The molecule has 0 bridgehead atoms. The van der Waals surface area contributed by atoms with E-state index in [9.17, 15) is 17.6 Å². The molecule has 3 rings (SSSR count). The van der Waals surface area contributed by atoms with E-state index in [4.69, 9.17) is 4.74 Å². The van der Waals surface area contributed by atoms with E-state index in [2.05, 4.69) is 6.92 Å². The number of benzene rings is 2. The molecule has 1 saturated carbocycles. The van der Waals surface area contributed by atoms with Crippen LogP contribution in [0.2, 0.25) is 0 Å². The molecule has 0 radical (unpaired) electrons. The predicted octanol–water partition coefficient (Wildman–Crippen LogP) is 7.29. The summed E-state index contributed by atoms with van der Waals surface area (Å²) in [5, 5.41) is 0. The Morgan fingerprint density at radius 2 is 1.57 bits per heavy atom. The molecule has 5 heteroatoms. The van der Waals surface area contributed by atoms with Crippen LogP contribution in [0, 0.1) is 29.2 Å². The van der Waals surface area contributed by atoms with Gasteiger partial charge in [-0.05, 0) is 49.1 Å². The van der Waals surface area contributed by atoms with Crippen LogP contribution in [0.15, 0.2) is 30.3 Å². The summed E-state index contributed by atoms with van der Waals surface area (Å²) in [6, 6.07) is 6.10. The number of unbranched alkanes of at least 4 members (excludes halogenated alkanes) is 1. The highest BCUT2D eigenvalue weighted by molar-refractivity contribution is 5.29. The van der Waals surface area contributed by atoms with Gasteiger partial charge in [-0.25, -0.2) is 17.6 Å². The van der Waals surface area contributed by atoms with Crippen LogP contribution in [0.5, 0.6) is 5.75 Å². The summed E-state index contributed by atoms with van der Waals surface area (Å²) in [6.07, 6.45) is 8.31. The van der Waals surface area contributed by atoms with Gasteiger partial charge >= 0.3 is 0 Å². The lowest BCUT2D eigenvalue weighted by Gasteiger charge is -2.29. The topological polar surface area (TPSA) is 9.23 Å². The van der Waals surface area contributed by atoms with Crippen molar-refractivity contribution in [2.75, 3.05) is 0 Å². The van der Waals surface area contributed by atoms with Gasteiger partial charge in [-0.1, -0.05) is 38.3 Å². The lowest BCUT2D eigenvalue weighted by molar-refractivity contribution is 0.280. The molecular formula is C23H26F4O. The largest absolute Gasteiger partial charge is 0.486 e. The zero-order valence-electron chi connectivity index (χ0n) is 16.1. The minimum Gasteiger partial charge on any atom is -0.486 e. The Morgan fingerprint density at radius 3 is 2.25 bits per heavy atom. The smallest absolute Gasteiger partial charge is 0.168 e. The van der Waals surface area contributed by atoms with Gasteiger partial charge < -0.3 is 4.74 Å². The molecule has 0 atom stereocenters. The highest BCUT2D eigenvalue weighted by atomic mass is 19.2. The first-order valence-corrected chi connectivity index (χ1v) is 10.0. The Morgan fingerprint density at radius 1 is 0.857 bits per heavy atom. The Kier molecular flexibility index (Phi) is 6.97. The molecule has 0 spiro atoms. The molecule has 0 unspecified atom stereocenters. The van der Waals surface area contributed by atoms with Gasteiger partial charge in [0.05, 0.1) is 0 Å². The summed E-state index contributed by atoms with van der Waals surface area (Å²) in [5.74, 6) is -3.21. The normalized spacial score (nSPS) is 19.6. The van der Waals surface area contributed by atoms with Crippen molar-refractivity contribution in [2.24, 2.45) is 5.92 Å². The van der Waals surface area contributed by atoms with Crippen LogP contribution in [-0.4, -0.2) is 0 Å². The number of hydrogen-bond donors (Lipinski definition) is 0. The summed E-state index contributed by atoms with van der Waals surface area (Å²) in [6.45, 7) is 1.96. The van der Waals surface area contributed by atoms with Gasteiger partial charge in [-0.3, -0.25) is 0 Å². The average molecular weight is 394 g/mol. The van der Waals surface area contributed by atoms with Gasteiger partial charge in [0.15, 0.2) is 23.2 Å². The number of halogens is 4. The zero-order chi connectivity index (χ0) is 20.1. The highest BCUT2D eigenvalue weighted by Gasteiger charge is 2.23. The highest BCUT2D eigenvalue weighted by Crippen LogP contribution is 2.38. The zero-order valence-corrected chi connectivity index (χ0v) is 16.1. The second-order valence-corrected chi connectivity index (χ2v) is 7.70. The SMILES string of the molecule is CCCC[C@H]1CC[C@H](c2ccc(COc3cc(F)c(F)cc3F)c(F)c2)CC1. The lowest BCUT2D eigenvalue weighted by Crippen LogP contribution is -2.13. The molecule has 0 N–H and O–H groups in total. The van der Waals surface area contributed by atoms with Crippen molar-refractivity contribution in [1.29, 1.82) is 0 Å². The molecule has 0 amide bonds. The minimum absolute atomic E-state index is 0.252. The average Bonchev–Trinajstić information content (AvgIpc) is 2.69. The molecule has 1 aliphatic carbocycles. The molecule has 0 saturated heterocycles. The van der Waals surface area contributed by atoms with Crippen LogP contribution >= 0.6 is 0 Å². The van der Waals surface area contributed by atoms with Gasteiger partial charge in [0.25, 0.3) is 0 Å². The second kappa shape index (κ2) is 9.44. The first-order valence-electron chi connectivity index (χ1n) is 10.0. The van der Waals surface area contributed by atoms with E-state index in [1.807, 2.05) is 6.07 Å². The number of hydrogen-bond acceptors (Lipinski definition) is 1. The Labute approximate surface area is 163 Å². The summed E-state index contributed by atoms with van der Waals surface area (Å²) in [5.41, 5.74) is 1.23. The maximum Gasteiger partial charge on any atom is 0.168 e. The van der Waals surface area contributed by atoms with Crippen molar-refractivity contribution >= 4 is 0 Å². The molecule has 0 heterocycles. The molecule has 28 heavy (non-hydrogen) atoms. The van der Waals surface area contributed by atoms with Crippen LogP contribution in [0.4, 0.5) is 17.6 Å². The number of ether oxygens (including phenoxy) is 1. The fourth-order valence-electron chi connectivity index (χ4n) is 3.98. The summed E-state index contributed by atoms with van der Waals surface area (Å²) < 4.78 is 59.5. The van der Waals surface area contributed by atoms with Crippen molar-refractivity contribution in [1.82, 2.24) is 0 Å². The fraction of sp³-hybridized carbons (Fsp3) is 0.478. The minimum atomic E-state index is -1.29. The Hall–Kier alpha value is -2.04. The maximum atomic E-state index is 14.5. The van der Waals surface area contributed by atoms with Crippen LogP contribution in [-0.2, 0) is 6.61 Å². The van der Waals surface area contributed by atoms with E-state index in [0.717, 1.165) is 24.3 Å². The van der Waals surface area contributed by atoms with Crippen LogP contribution in [0.25, 0.3) is 0 Å². The fourth-order valence-corrected chi connectivity index (χ4v) is 3.98. The molecule has 1 nitrogen and oxygen atoms in total. The predicted molar refractivity (Wildman–Crippen MR) is 101 cm³/mol. The van der Waals surface area contributed by atoms with Crippen molar-refractivity contribution in [2.45, 2.75) is 64.4 Å². The molecule has 1 fully saturated rings. The third kappa shape index (κ3) is 5.06. The van der Waals surface area contributed by atoms with Crippen molar-refractivity contribution in [3.05, 3.63) is 64.7 Å². The Balaban J connectivity index is 1.60. The molecule has 1 aliphatic rings. The van der Waals surface area contributed by atoms with E-state index in [0.29, 0.717) is 18.1 Å². The van der Waals surface area contributed by atoms with Crippen LogP contribution < -0.4 is 4.74 Å². The number of rotatable bonds is 7. The molecule has 152 valence electrons. The maximum absolute atomic E-state index is 14.5. The molecule has 0 aliphatic heterocycles. The van der Waals surface area contributed by atoms with Gasteiger partial charge in [0.1, 0.15) is 12.4 Å². The molecular weight excluding hydrogens is 368 g/mol. The molecule has 2 aromatic carbocycles. The van der Waals surface area contributed by atoms with E-state index < -0.39 is 29.0 Å². The van der Waals surface area contributed by atoms with Gasteiger partial charge in [0, 0.05) is 17.7 Å². The first kappa shape index (κ1) is 20.7. The third-order valence-corrected chi connectivity index (χ3v) is 5.72. The first-order chi connectivity index (χ1) is 13.5. The van der Waals surface area contributed by atoms with Crippen molar-refractivity contribution in [3.8, 4) is 5.75 Å². The monoisotopic (exact) mass is 394 g/mol. The summed E-state index contributed by atoms with van der Waals surface area (Å²) >= 11 is 0. The van der Waals surface area contributed by atoms with E-state index in [1.165, 1.54) is 38.2 Å². The van der Waals surface area contributed by atoms with Crippen LogP contribution in [0.1, 0.15) is 68.9 Å². The quantitative estimate of drug-likeness (QED) is 0.354. The summed E-state index contributed by atoms with van der Waals surface area (Å²) in [7, 11) is 0. The second-order valence-electron chi connectivity index (χ2n) is 7.70. The molecule has 2 aromatic rings. The standard InChI is InChI=1S/C23H26F4O/c1-2-3-4-15-5-7-16(8-6-15)17-9-10-18(19(24)11-17)14-28-23-13-21(26)20(25)12-22(23)27/h9-13,15-16H,2-8,14H2,1H3/t15-,16-. The van der Waals surface area contributed by atoms with Gasteiger partial charge in [0.2, 0.25) is 0 Å². The van der Waals surface area contributed by atoms with Gasteiger partial charge in [-0.15, -0.1) is 0 Å². The Bertz CT molecular complexity index is 797. The third-order valence-electron chi connectivity index (χ3n) is 5.72. The molecule has 0 aromatic heterocycles. The van der Waals surface area contributed by atoms with E-state index in [1.54, 1.807) is 6.07 Å². The van der Waals surface area contributed by atoms with E-state index >= 15 is 0 Å². The van der Waals surface area contributed by atoms with Crippen molar-refractivity contribution < 1.29 is 22.3 Å². The lowest BCUT2D eigenvalue weighted by atomic mass is 9.77.